The molecule has 0 fully saturated rings. The van der Waals surface area contributed by atoms with Gasteiger partial charge in [0.1, 0.15) is 12.1 Å². The van der Waals surface area contributed by atoms with Crippen LogP contribution >= 0.6 is 0 Å². The first-order chi connectivity index (χ1) is 14.3. The van der Waals surface area contributed by atoms with Crippen molar-refractivity contribution in [3.63, 3.8) is 0 Å². The van der Waals surface area contributed by atoms with Gasteiger partial charge in [-0.1, -0.05) is 0 Å². The minimum Gasteiger partial charge on any atom is -0.326 e. The molecule has 11 heteroatoms. The van der Waals surface area contributed by atoms with Crippen LogP contribution in [0.1, 0.15) is 6.92 Å². The van der Waals surface area contributed by atoms with Crippen LogP contribution in [0.4, 0.5) is 11.4 Å². The minimum absolute atomic E-state index is 0.0123. The second kappa shape index (κ2) is 8.84. The smallest absolute Gasteiger partial charge is 0.243 e. The molecule has 0 saturated carbocycles. The van der Waals surface area contributed by atoms with Crippen molar-refractivity contribution in [1.29, 1.82) is 0 Å². The molecule has 0 aliphatic rings. The van der Waals surface area contributed by atoms with Gasteiger partial charge in [-0.3, -0.25) is 14.2 Å². The Labute approximate surface area is 173 Å². The number of amides is 2. The highest BCUT2D eigenvalue weighted by Crippen LogP contribution is 2.18. The summed E-state index contributed by atoms with van der Waals surface area (Å²) in [7, 11) is -2.56. The Balaban J connectivity index is 1.62. The van der Waals surface area contributed by atoms with E-state index in [2.05, 4.69) is 20.6 Å². The predicted molar refractivity (Wildman–Crippen MR) is 111 cm³/mol. The molecule has 2 amide bonds. The van der Waals surface area contributed by atoms with E-state index in [-0.39, 0.29) is 17.3 Å². The Kier molecular flexibility index (Phi) is 6.23. The average Bonchev–Trinajstić information content (AvgIpc) is 3.23. The monoisotopic (exact) mass is 428 g/mol. The first-order valence-corrected chi connectivity index (χ1v) is 10.3. The summed E-state index contributed by atoms with van der Waals surface area (Å²) in [5.41, 5.74) is 0.919. The Bertz CT molecular complexity index is 1130. The number of carbonyl (C=O) groups is 2. The predicted octanol–water partition coefficient (Wildman–Crippen LogP) is 1.48. The van der Waals surface area contributed by atoms with Gasteiger partial charge in [-0.05, 0) is 36.4 Å². The van der Waals surface area contributed by atoms with E-state index >= 15 is 0 Å². The van der Waals surface area contributed by atoms with Crippen molar-refractivity contribution in [2.45, 2.75) is 11.8 Å². The van der Waals surface area contributed by atoms with Gasteiger partial charge in [-0.15, -0.1) is 0 Å². The molecule has 3 rings (SSSR count). The maximum absolute atomic E-state index is 12.7. The number of rotatable bonds is 7. The Morgan fingerprint density at radius 3 is 2.33 bits per heavy atom. The van der Waals surface area contributed by atoms with Crippen LogP contribution in [0.25, 0.3) is 5.82 Å². The van der Waals surface area contributed by atoms with Gasteiger partial charge in [0.25, 0.3) is 0 Å². The highest BCUT2D eigenvalue weighted by atomic mass is 32.2. The van der Waals surface area contributed by atoms with E-state index < -0.39 is 15.9 Å². The van der Waals surface area contributed by atoms with Crippen LogP contribution in [-0.4, -0.2) is 52.7 Å². The Morgan fingerprint density at radius 1 is 1.07 bits per heavy atom. The molecule has 2 N–H and O–H groups in total. The summed E-state index contributed by atoms with van der Waals surface area (Å²) in [6.45, 7) is 0.983. The molecular weight excluding hydrogens is 408 g/mol. The van der Waals surface area contributed by atoms with Crippen molar-refractivity contribution in [2.75, 3.05) is 24.2 Å². The summed E-state index contributed by atoms with van der Waals surface area (Å²) in [5, 5.41) is 5.18. The number of likely N-dealkylation sites (N-methyl/N-ethyl adjacent to an activating group) is 1. The van der Waals surface area contributed by atoms with E-state index in [4.69, 9.17) is 0 Å². The summed E-state index contributed by atoms with van der Waals surface area (Å²) in [6.07, 6.45) is 6.44. The lowest BCUT2D eigenvalue weighted by molar-refractivity contribution is -0.116. The third-order valence-corrected chi connectivity index (χ3v) is 5.87. The normalized spacial score (nSPS) is 11.3. The van der Waals surface area contributed by atoms with Crippen molar-refractivity contribution in [1.82, 2.24) is 18.8 Å². The van der Waals surface area contributed by atoms with Gasteiger partial charge in [0.2, 0.25) is 21.8 Å². The Morgan fingerprint density at radius 2 is 1.77 bits per heavy atom. The minimum atomic E-state index is -3.87. The first-order valence-electron chi connectivity index (χ1n) is 8.84. The topological polar surface area (TPSA) is 126 Å². The lowest BCUT2D eigenvalue weighted by Crippen LogP contribution is -2.35. The fourth-order valence-corrected chi connectivity index (χ4v) is 3.72. The summed E-state index contributed by atoms with van der Waals surface area (Å²) in [5.74, 6) is -0.132. The zero-order valence-electron chi connectivity index (χ0n) is 16.3. The molecule has 0 aliphatic carbocycles. The van der Waals surface area contributed by atoms with Crippen LogP contribution < -0.4 is 10.6 Å². The second-order valence-electron chi connectivity index (χ2n) is 6.39. The number of benzene rings is 1. The standard InChI is InChI=1S/C19H20N6O4S/c1-14(26)22-15-3-6-17(7-4-15)30(28,29)24(2)12-19(27)23-16-5-8-18(21-11-16)25-10-9-20-13-25/h3-11,13H,12H2,1-2H3,(H,22,26)(H,23,27). The number of nitrogens with one attached hydrogen (secondary N) is 2. The van der Waals surface area contributed by atoms with E-state index in [9.17, 15) is 18.0 Å². The SMILES string of the molecule is CC(=O)Nc1ccc(S(=O)(=O)N(C)CC(=O)Nc2ccc(-n3ccnc3)nc2)cc1. The number of sulfonamides is 1. The van der Waals surface area contributed by atoms with Gasteiger partial charge in [-0.25, -0.2) is 18.4 Å². The third kappa shape index (κ3) is 5.07. The van der Waals surface area contributed by atoms with Crippen molar-refractivity contribution in [3.05, 3.63) is 61.3 Å². The number of nitrogens with zero attached hydrogens (tertiary/aromatic N) is 4. The molecule has 0 aliphatic heterocycles. The van der Waals surface area contributed by atoms with Crippen molar-refractivity contribution in [2.24, 2.45) is 0 Å². The van der Waals surface area contributed by atoms with E-state index in [0.29, 0.717) is 17.2 Å². The maximum atomic E-state index is 12.7. The molecule has 0 atom stereocenters. The fourth-order valence-electron chi connectivity index (χ4n) is 2.59. The first kappa shape index (κ1) is 21.1. The van der Waals surface area contributed by atoms with E-state index in [1.54, 1.807) is 35.4 Å². The van der Waals surface area contributed by atoms with Crippen molar-refractivity contribution >= 4 is 33.2 Å². The molecule has 30 heavy (non-hydrogen) atoms. The summed E-state index contributed by atoms with van der Waals surface area (Å²) in [4.78, 5) is 31.5. The number of aromatic nitrogens is 3. The lowest BCUT2D eigenvalue weighted by Gasteiger charge is -2.17. The number of carbonyl (C=O) groups excluding carboxylic acids is 2. The molecule has 3 aromatic rings. The van der Waals surface area contributed by atoms with E-state index in [1.807, 2.05) is 0 Å². The molecular formula is C19H20N6O4S. The molecule has 0 unspecified atom stereocenters. The van der Waals surface area contributed by atoms with Gasteiger partial charge in [0.15, 0.2) is 0 Å². The van der Waals surface area contributed by atoms with Gasteiger partial charge in [0, 0.05) is 32.1 Å². The molecule has 10 nitrogen and oxygen atoms in total. The number of pyridine rings is 1. The van der Waals surface area contributed by atoms with E-state index in [0.717, 1.165) is 4.31 Å². The zero-order chi connectivity index (χ0) is 21.7. The number of imidazole rings is 1. The van der Waals surface area contributed by atoms with Crippen LogP contribution in [0.15, 0.2) is 66.2 Å². The van der Waals surface area contributed by atoms with Crippen LogP contribution in [0.2, 0.25) is 0 Å². The molecule has 156 valence electrons. The lowest BCUT2D eigenvalue weighted by atomic mass is 10.3. The van der Waals surface area contributed by atoms with Crippen LogP contribution in [0, 0.1) is 0 Å². The number of hydrogen-bond acceptors (Lipinski definition) is 6. The van der Waals surface area contributed by atoms with Gasteiger partial charge >= 0.3 is 0 Å². The molecule has 2 aromatic heterocycles. The molecule has 0 bridgehead atoms. The van der Waals surface area contributed by atoms with Crippen molar-refractivity contribution < 1.29 is 18.0 Å². The molecule has 0 spiro atoms. The average molecular weight is 428 g/mol. The third-order valence-electron chi connectivity index (χ3n) is 4.05. The van der Waals surface area contributed by atoms with Crippen molar-refractivity contribution in [3.8, 4) is 5.82 Å². The van der Waals surface area contributed by atoms with E-state index in [1.165, 1.54) is 44.4 Å². The quantitative estimate of drug-likeness (QED) is 0.587. The fraction of sp³-hybridized carbons (Fsp3) is 0.158. The molecule has 0 saturated heterocycles. The summed E-state index contributed by atoms with van der Waals surface area (Å²) in [6, 6.07) is 9.07. The van der Waals surface area contributed by atoms with Gasteiger partial charge in [-0.2, -0.15) is 4.31 Å². The largest absolute Gasteiger partial charge is 0.326 e. The maximum Gasteiger partial charge on any atom is 0.243 e. The van der Waals surface area contributed by atoms with Gasteiger partial charge < -0.3 is 10.6 Å². The highest BCUT2D eigenvalue weighted by molar-refractivity contribution is 7.89. The van der Waals surface area contributed by atoms with Crippen LogP contribution in [-0.2, 0) is 19.6 Å². The van der Waals surface area contributed by atoms with Crippen LogP contribution in [0.5, 0.6) is 0 Å². The molecule has 2 heterocycles. The zero-order valence-corrected chi connectivity index (χ0v) is 17.1. The summed E-state index contributed by atoms with van der Waals surface area (Å²) < 4.78 is 28.0. The molecule has 0 radical (unpaired) electrons. The summed E-state index contributed by atoms with van der Waals surface area (Å²) >= 11 is 0. The molecule has 1 aromatic carbocycles. The number of anilines is 2. The van der Waals surface area contributed by atoms with Gasteiger partial charge in [0.05, 0.1) is 23.3 Å². The second-order valence-corrected chi connectivity index (χ2v) is 8.43. The highest BCUT2D eigenvalue weighted by Gasteiger charge is 2.23. The van der Waals surface area contributed by atoms with Crippen LogP contribution in [0.3, 0.4) is 0 Å². The Hall–Kier alpha value is -3.57. The number of hydrogen-bond donors (Lipinski definition) is 2.